The van der Waals surface area contributed by atoms with Crippen LogP contribution in [0.1, 0.15) is 19.8 Å². The minimum Gasteiger partial charge on any atom is -0.477 e. The van der Waals surface area contributed by atoms with E-state index >= 15 is 0 Å². The second-order valence-electron chi connectivity index (χ2n) is 2.69. The molecule has 1 aliphatic heterocycles. The Morgan fingerprint density at radius 2 is 2.50 bits per heavy atom. The summed E-state index contributed by atoms with van der Waals surface area (Å²) in [6, 6.07) is -0.449. The fourth-order valence-electron chi connectivity index (χ4n) is 1.19. The first-order chi connectivity index (χ1) is 5.79. The van der Waals surface area contributed by atoms with Gasteiger partial charge >= 0.3 is 5.97 Å². The maximum atomic E-state index is 11.1. The number of carbonyl (C=O) groups is 1. The second kappa shape index (κ2) is 4.09. The first kappa shape index (κ1) is 9.03. The summed E-state index contributed by atoms with van der Waals surface area (Å²) in [5.74, 6) is -0.317. The number of carbonyl (C=O) groups excluding carboxylic acids is 1. The molecule has 0 aliphatic carbocycles. The molecule has 1 aliphatic rings. The molecule has 2 unspecified atom stereocenters. The van der Waals surface area contributed by atoms with Crippen molar-refractivity contribution in [2.24, 2.45) is 4.99 Å². The molecule has 0 N–H and O–H groups in total. The predicted molar refractivity (Wildman–Crippen MR) is 44.1 cm³/mol. The van der Waals surface area contributed by atoms with Crippen molar-refractivity contribution in [1.29, 1.82) is 0 Å². The lowest BCUT2D eigenvalue weighted by Crippen LogP contribution is -2.30. The minimum atomic E-state index is -0.449. The third-order valence-corrected chi connectivity index (χ3v) is 1.83. The van der Waals surface area contributed by atoms with Crippen molar-refractivity contribution < 1.29 is 14.3 Å². The van der Waals surface area contributed by atoms with Crippen LogP contribution in [0.3, 0.4) is 0 Å². The highest BCUT2D eigenvalue weighted by atomic mass is 16.5. The van der Waals surface area contributed by atoms with Crippen LogP contribution in [-0.4, -0.2) is 31.6 Å². The van der Waals surface area contributed by atoms with E-state index in [1.165, 1.54) is 13.5 Å². The van der Waals surface area contributed by atoms with E-state index < -0.39 is 6.04 Å². The molecule has 12 heavy (non-hydrogen) atoms. The van der Waals surface area contributed by atoms with E-state index in [4.69, 9.17) is 4.74 Å². The van der Waals surface area contributed by atoms with Gasteiger partial charge in [-0.05, 0) is 6.42 Å². The Labute approximate surface area is 71.6 Å². The summed E-state index contributed by atoms with van der Waals surface area (Å²) in [5, 5.41) is 0. The molecule has 4 heteroatoms. The Balaban J connectivity index is 2.50. The fourth-order valence-corrected chi connectivity index (χ4v) is 1.19. The van der Waals surface area contributed by atoms with Crippen molar-refractivity contribution in [3.05, 3.63) is 0 Å². The first-order valence-electron chi connectivity index (χ1n) is 4.04. The van der Waals surface area contributed by atoms with Gasteiger partial charge in [0, 0.05) is 0 Å². The molecule has 0 aromatic rings. The summed E-state index contributed by atoms with van der Waals surface area (Å²) in [6.45, 7) is 2.04. The lowest BCUT2D eigenvalue weighted by atomic mass is 10.1. The Morgan fingerprint density at radius 1 is 1.75 bits per heavy atom. The fraction of sp³-hybridized carbons (Fsp3) is 0.750. The van der Waals surface area contributed by atoms with Crippen molar-refractivity contribution in [3.63, 3.8) is 0 Å². The molecule has 0 spiro atoms. The van der Waals surface area contributed by atoms with E-state index in [0.29, 0.717) is 0 Å². The van der Waals surface area contributed by atoms with Crippen LogP contribution >= 0.6 is 0 Å². The van der Waals surface area contributed by atoms with Gasteiger partial charge in [-0.1, -0.05) is 13.3 Å². The zero-order valence-corrected chi connectivity index (χ0v) is 7.32. The molecule has 0 bridgehead atoms. The minimum absolute atomic E-state index is 0.123. The lowest BCUT2D eigenvalue weighted by molar-refractivity contribution is -0.143. The van der Waals surface area contributed by atoms with Gasteiger partial charge in [0.05, 0.1) is 7.11 Å². The first-order valence-corrected chi connectivity index (χ1v) is 4.04. The highest BCUT2D eigenvalue weighted by Crippen LogP contribution is 2.15. The Kier molecular flexibility index (Phi) is 3.08. The highest BCUT2D eigenvalue weighted by Gasteiger charge is 2.32. The number of hydrogen-bond donors (Lipinski definition) is 0. The number of rotatable bonds is 3. The molecule has 0 fully saturated rings. The molecule has 0 amide bonds. The Bertz CT molecular complexity index is 191. The number of nitrogens with zero attached hydrogens (tertiary/aromatic N) is 1. The third kappa shape index (κ3) is 1.75. The monoisotopic (exact) mass is 171 g/mol. The van der Waals surface area contributed by atoms with Gasteiger partial charge in [-0.15, -0.1) is 0 Å². The average Bonchev–Trinajstić information content (AvgIpc) is 2.52. The average molecular weight is 171 g/mol. The molecular formula is C8H13NO3. The second-order valence-corrected chi connectivity index (χ2v) is 2.69. The van der Waals surface area contributed by atoms with E-state index in [0.717, 1.165) is 12.8 Å². The summed E-state index contributed by atoms with van der Waals surface area (Å²) in [7, 11) is 1.36. The predicted octanol–water partition coefficient (Wildman–Crippen LogP) is 0.755. The van der Waals surface area contributed by atoms with Gasteiger partial charge in [-0.2, -0.15) is 0 Å². The van der Waals surface area contributed by atoms with Crippen LogP contribution < -0.4 is 0 Å². The SMILES string of the molecule is CCCC1OC=NC1C(=O)OC. The van der Waals surface area contributed by atoms with E-state index in [-0.39, 0.29) is 12.1 Å². The summed E-state index contributed by atoms with van der Waals surface area (Å²) in [5.41, 5.74) is 0. The van der Waals surface area contributed by atoms with Crippen LogP contribution in [0.4, 0.5) is 0 Å². The number of esters is 1. The third-order valence-electron chi connectivity index (χ3n) is 1.83. The van der Waals surface area contributed by atoms with Crippen molar-refractivity contribution >= 4 is 12.4 Å². The standard InChI is InChI=1S/C8H13NO3/c1-3-4-6-7(8(10)11-2)9-5-12-6/h5-7H,3-4H2,1-2H3. The van der Waals surface area contributed by atoms with Crippen molar-refractivity contribution in [1.82, 2.24) is 0 Å². The molecule has 0 aromatic heterocycles. The zero-order valence-electron chi connectivity index (χ0n) is 7.32. The maximum absolute atomic E-state index is 11.1. The molecule has 0 aromatic carbocycles. The van der Waals surface area contributed by atoms with Gasteiger partial charge < -0.3 is 9.47 Å². The smallest absolute Gasteiger partial charge is 0.334 e. The van der Waals surface area contributed by atoms with Gasteiger partial charge in [-0.25, -0.2) is 9.79 Å². The van der Waals surface area contributed by atoms with Crippen LogP contribution in [0.15, 0.2) is 4.99 Å². The summed E-state index contributed by atoms with van der Waals surface area (Å²) in [6.07, 6.45) is 3.02. The normalized spacial score (nSPS) is 26.8. The van der Waals surface area contributed by atoms with E-state index in [1.54, 1.807) is 0 Å². The molecular weight excluding hydrogens is 158 g/mol. The topological polar surface area (TPSA) is 47.9 Å². The van der Waals surface area contributed by atoms with Crippen molar-refractivity contribution in [2.45, 2.75) is 31.9 Å². The zero-order chi connectivity index (χ0) is 8.97. The number of aliphatic imine (C=N–C) groups is 1. The summed E-state index contributed by atoms with van der Waals surface area (Å²) in [4.78, 5) is 15.0. The van der Waals surface area contributed by atoms with E-state index in [1.807, 2.05) is 6.92 Å². The molecule has 0 saturated carbocycles. The van der Waals surface area contributed by atoms with E-state index in [9.17, 15) is 4.79 Å². The molecule has 4 nitrogen and oxygen atoms in total. The lowest BCUT2D eigenvalue weighted by Gasteiger charge is -2.13. The number of methoxy groups -OCH3 is 1. The number of ether oxygens (including phenoxy) is 2. The summed E-state index contributed by atoms with van der Waals surface area (Å²) >= 11 is 0. The molecule has 1 rings (SSSR count). The van der Waals surface area contributed by atoms with Gasteiger partial charge in [-0.3, -0.25) is 0 Å². The molecule has 68 valence electrons. The Morgan fingerprint density at radius 3 is 3.08 bits per heavy atom. The van der Waals surface area contributed by atoms with Crippen molar-refractivity contribution in [3.8, 4) is 0 Å². The van der Waals surface area contributed by atoms with Crippen LogP contribution in [0.2, 0.25) is 0 Å². The van der Waals surface area contributed by atoms with Gasteiger partial charge in [0.25, 0.3) is 0 Å². The van der Waals surface area contributed by atoms with Crippen molar-refractivity contribution in [2.75, 3.05) is 7.11 Å². The number of hydrogen-bond acceptors (Lipinski definition) is 4. The van der Waals surface area contributed by atoms with Gasteiger partial charge in [0.2, 0.25) is 0 Å². The van der Waals surface area contributed by atoms with Crippen LogP contribution in [0.25, 0.3) is 0 Å². The largest absolute Gasteiger partial charge is 0.477 e. The molecule has 2 atom stereocenters. The Hall–Kier alpha value is -1.06. The van der Waals surface area contributed by atoms with E-state index in [2.05, 4.69) is 9.73 Å². The van der Waals surface area contributed by atoms with Crippen LogP contribution in [-0.2, 0) is 14.3 Å². The van der Waals surface area contributed by atoms with Gasteiger partial charge in [0.15, 0.2) is 12.4 Å². The molecule has 0 radical (unpaired) electrons. The quantitative estimate of drug-likeness (QED) is 0.589. The molecule has 0 saturated heterocycles. The maximum Gasteiger partial charge on any atom is 0.334 e. The summed E-state index contributed by atoms with van der Waals surface area (Å²) < 4.78 is 9.71. The van der Waals surface area contributed by atoms with Crippen LogP contribution in [0.5, 0.6) is 0 Å². The molecule has 1 heterocycles. The highest BCUT2D eigenvalue weighted by molar-refractivity contribution is 5.79. The van der Waals surface area contributed by atoms with Crippen LogP contribution in [0, 0.1) is 0 Å². The van der Waals surface area contributed by atoms with Gasteiger partial charge in [0.1, 0.15) is 6.10 Å².